The first-order valence-electron chi connectivity index (χ1n) is 8.94. The van der Waals surface area contributed by atoms with E-state index < -0.39 is 0 Å². The van der Waals surface area contributed by atoms with Crippen LogP contribution in [-0.4, -0.2) is 50.5 Å². The Morgan fingerprint density at radius 3 is 2.72 bits per heavy atom. The Morgan fingerprint density at radius 1 is 1.12 bits per heavy atom. The Kier molecular flexibility index (Phi) is 4.49. The number of hydrogen-bond donors (Lipinski definition) is 0. The lowest BCUT2D eigenvalue weighted by atomic mass is 9.87. The van der Waals surface area contributed by atoms with E-state index in [1.807, 2.05) is 12.1 Å². The monoisotopic (exact) mass is 340 g/mol. The van der Waals surface area contributed by atoms with Gasteiger partial charge in [0.25, 0.3) is 0 Å². The summed E-state index contributed by atoms with van der Waals surface area (Å²) in [5, 5.41) is 0. The number of piperazine rings is 1. The molecule has 2 aromatic rings. The van der Waals surface area contributed by atoms with Gasteiger partial charge in [0.2, 0.25) is 0 Å². The first-order chi connectivity index (χ1) is 12.2. The van der Waals surface area contributed by atoms with Gasteiger partial charge in [0, 0.05) is 45.6 Å². The van der Waals surface area contributed by atoms with Gasteiger partial charge in [-0.1, -0.05) is 12.1 Å². The molecule has 5 nitrogen and oxygen atoms in total. The minimum absolute atomic E-state index is 0.229. The molecule has 0 radical (unpaired) electrons. The van der Waals surface area contributed by atoms with Crippen molar-refractivity contribution >= 4 is 11.5 Å². The van der Waals surface area contributed by atoms with E-state index in [9.17, 15) is 4.79 Å². The summed E-state index contributed by atoms with van der Waals surface area (Å²) in [4.78, 5) is 17.1. The lowest BCUT2D eigenvalue weighted by Gasteiger charge is -2.38. The molecule has 5 heteroatoms. The molecule has 0 amide bonds. The van der Waals surface area contributed by atoms with Crippen LogP contribution in [0.25, 0.3) is 0 Å². The SMILES string of the molecule is COc1ccccc1N1CCN(C[C@H]2CC(=O)c3ccoc3C2)CC1. The van der Waals surface area contributed by atoms with E-state index in [1.165, 1.54) is 0 Å². The molecule has 0 spiro atoms. The average molecular weight is 340 g/mol. The van der Waals surface area contributed by atoms with Gasteiger partial charge in [-0.05, 0) is 24.1 Å². The highest BCUT2D eigenvalue weighted by molar-refractivity contribution is 5.98. The van der Waals surface area contributed by atoms with Gasteiger partial charge in [0.15, 0.2) is 5.78 Å². The lowest BCUT2D eigenvalue weighted by Crippen LogP contribution is -2.48. The maximum atomic E-state index is 12.2. The molecule has 0 saturated carbocycles. The Morgan fingerprint density at radius 2 is 1.92 bits per heavy atom. The maximum absolute atomic E-state index is 12.2. The lowest BCUT2D eigenvalue weighted by molar-refractivity contribution is 0.0922. The van der Waals surface area contributed by atoms with Gasteiger partial charge in [-0.25, -0.2) is 0 Å². The van der Waals surface area contributed by atoms with Crippen LogP contribution < -0.4 is 9.64 Å². The first kappa shape index (κ1) is 16.2. The number of hydrogen-bond acceptors (Lipinski definition) is 5. The molecular weight excluding hydrogens is 316 g/mol. The fourth-order valence-corrected chi connectivity index (χ4v) is 4.01. The van der Waals surface area contributed by atoms with Gasteiger partial charge >= 0.3 is 0 Å². The van der Waals surface area contributed by atoms with Gasteiger partial charge in [0.1, 0.15) is 11.5 Å². The van der Waals surface area contributed by atoms with Crippen molar-refractivity contribution in [2.24, 2.45) is 5.92 Å². The second-order valence-corrected chi connectivity index (χ2v) is 6.91. The van der Waals surface area contributed by atoms with Crippen LogP contribution in [0.5, 0.6) is 5.75 Å². The number of ketones is 1. The number of ether oxygens (including phenoxy) is 1. The number of furan rings is 1. The summed E-state index contributed by atoms with van der Waals surface area (Å²) in [6, 6.07) is 9.99. The molecule has 1 aliphatic heterocycles. The van der Waals surface area contributed by atoms with Crippen molar-refractivity contribution in [2.75, 3.05) is 44.7 Å². The highest BCUT2D eigenvalue weighted by Gasteiger charge is 2.29. The van der Waals surface area contributed by atoms with E-state index in [0.717, 1.165) is 61.9 Å². The molecule has 1 aromatic carbocycles. The minimum atomic E-state index is 0.229. The number of rotatable bonds is 4. The van der Waals surface area contributed by atoms with Crippen molar-refractivity contribution in [3.05, 3.63) is 47.9 Å². The zero-order valence-electron chi connectivity index (χ0n) is 14.6. The first-order valence-corrected chi connectivity index (χ1v) is 8.94. The number of anilines is 1. The minimum Gasteiger partial charge on any atom is -0.495 e. The summed E-state index contributed by atoms with van der Waals surface area (Å²) in [6.45, 7) is 4.94. The standard InChI is InChI=1S/C20H24N2O3/c1-24-19-5-3-2-4-17(19)22-9-7-21(8-10-22)14-15-12-18(23)16-6-11-25-20(16)13-15/h2-6,11,15H,7-10,12-14H2,1H3/t15-/m0/s1. The summed E-state index contributed by atoms with van der Waals surface area (Å²) in [5.74, 6) is 2.39. The highest BCUT2D eigenvalue weighted by atomic mass is 16.5. The third kappa shape index (κ3) is 3.29. The van der Waals surface area contributed by atoms with Crippen molar-refractivity contribution in [3.63, 3.8) is 0 Å². The van der Waals surface area contributed by atoms with Gasteiger partial charge in [-0.3, -0.25) is 9.69 Å². The van der Waals surface area contributed by atoms with E-state index in [1.54, 1.807) is 19.4 Å². The van der Waals surface area contributed by atoms with Crippen LogP contribution in [0.2, 0.25) is 0 Å². The fraction of sp³-hybridized carbons (Fsp3) is 0.450. The van der Waals surface area contributed by atoms with Crippen LogP contribution in [0.4, 0.5) is 5.69 Å². The topological polar surface area (TPSA) is 45.9 Å². The zero-order valence-corrected chi connectivity index (χ0v) is 14.6. The molecule has 1 atom stereocenters. The number of methoxy groups -OCH3 is 1. The maximum Gasteiger partial charge on any atom is 0.166 e. The molecule has 0 bridgehead atoms. The van der Waals surface area contributed by atoms with E-state index in [-0.39, 0.29) is 5.78 Å². The molecule has 0 N–H and O–H groups in total. The Balaban J connectivity index is 1.35. The predicted molar refractivity (Wildman–Crippen MR) is 96.5 cm³/mol. The molecule has 2 aliphatic rings. The van der Waals surface area contributed by atoms with Crippen molar-refractivity contribution in [1.82, 2.24) is 4.90 Å². The molecule has 0 unspecified atom stereocenters. The number of nitrogens with zero attached hydrogens (tertiary/aromatic N) is 2. The van der Waals surface area contributed by atoms with E-state index >= 15 is 0 Å². The van der Waals surface area contributed by atoms with Crippen LogP contribution in [0, 0.1) is 5.92 Å². The van der Waals surface area contributed by atoms with Gasteiger partial charge in [0.05, 0.1) is 24.6 Å². The molecule has 2 heterocycles. The van der Waals surface area contributed by atoms with Crippen molar-refractivity contribution in [3.8, 4) is 5.75 Å². The molecule has 1 saturated heterocycles. The van der Waals surface area contributed by atoms with E-state index in [0.29, 0.717) is 12.3 Å². The zero-order chi connectivity index (χ0) is 17.2. The van der Waals surface area contributed by atoms with Crippen LogP contribution >= 0.6 is 0 Å². The van der Waals surface area contributed by atoms with Crippen LogP contribution in [-0.2, 0) is 6.42 Å². The molecule has 4 rings (SSSR count). The highest BCUT2D eigenvalue weighted by Crippen LogP contribution is 2.30. The largest absolute Gasteiger partial charge is 0.495 e. The normalized spacial score (nSPS) is 21.2. The number of Topliss-reactive ketones (excluding diaryl/α,β-unsaturated/α-hetero) is 1. The second-order valence-electron chi connectivity index (χ2n) is 6.91. The van der Waals surface area contributed by atoms with Crippen molar-refractivity contribution in [2.45, 2.75) is 12.8 Å². The molecular formula is C20H24N2O3. The number of carbonyl (C=O) groups is 1. The molecule has 1 aliphatic carbocycles. The fourth-order valence-electron chi connectivity index (χ4n) is 4.01. The van der Waals surface area contributed by atoms with Crippen LogP contribution in [0.3, 0.4) is 0 Å². The molecule has 132 valence electrons. The second kappa shape index (κ2) is 6.92. The number of carbonyl (C=O) groups excluding carboxylic acids is 1. The van der Waals surface area contributed by atoms with Gasteiger partial charge in [-0.2, -0.15) is 0 Å². The number of para-hydroxylation sites is 2. The summed E-state index contributed by atoms with van der Waals surface area (Å²) >= 11 is 0. The van der Waals surface area contributed by atoms with Crippen molar-refractivity contribution < 1.29 is 13.9 Å². The predicted octanol–water partition coefficient (Wildman–Crippen LogP) is 2.86. The summed E-state index contributed by atoms with van der Waals surface area (Å²) in [6.07, 6.45) is 3.15. The Hall–Kier alpha value is -2.27. The molecule has 25 heavy (non-hydrogen) atoms. The summed E-state index contributed by atoms with van der Waals surface area (Å²) in [7, 11) is 1.72. The molecule has 1 fully saturated rings. The van der Waals surface area contributed by atoms with Gasteiger partial charge in [-0.15, -0.1) is 0 Å². The van der Waals surface area contributed by atoms with Crippen LogP contribution in [0.15, 0.2) is 41.0 Å². The number of fused-ring (bicyclic) bond motifs is 1. The third-order valence-electron chi connectivity index (χ3n) is 5.31. The Labute approximate surface area is 148 Å². The summed E-state index contributed by atoms with van der Waals surface area (Å²) in [5.41, 5.74) is 1.95. The van der Waals surface area contributed by atoms with Crippen molar-refractivity contribution in [1.29, 1.82) is 0 Å². The smallest absolute Gasteiger partial charge is 0.166 e. The quantitative estimate of drug-likeness (QED) is 0.856. The Bertz CT molecular complexity index is 747. The third-order valence-corrected chi connectivity index (χ3v) is 5.31. The van der Waals surface area contributed by atoms with Crippen LogP contribution in [0.1, 0.15) is 22.5 Å². The average Bonchev–Trinajstić information content (AvgIpc) is 3.11. The van der Waals surface area contributed by atoms with Gasteiger partial charge < -0.3 is 14.1 Å². The van der Waals surface area contributed by atoms with E-state index in [4.69, 9.17) is 9.15 Å². The summed E-state index contributed by atoms with van der Waals surface area (Å²) < 4.78 is 11.0. The molecule has 1 aromatic heterocycles. The van der Waals surface area contributed by atoms with E-state index in [2.05, 4.69) is 21.9 Å². The number of benzene rings is 1.